The summed E-state index contributed by atoms with van der Waals surface area (Å²) in [5, 5.41) is 23.9. The molecule has 3 nitrogen and oxygen atoms in total. The minimum atomic E-state index is -0.299. The first kappa shape index (κ1) is 29.0. The van der Waals surface area contributed by atoms with Gasteiger partial charge in [0.25, 0.3) is 0 Å². The van der Waals surface area contributed by atoms with E-state index >= 15 is 0 Å². The van der Waals surface area contributed by atoms with E-state index in [-0.39, 0.29) is 49.1 Å². The number of aliphatic hydroxyl groups is 2. The molecule has 0 spiro atoms. The van der Waals surface area contributed by atoms with Crippen LogP contribution >= 0.6 is 0 Å². The first-order valence-corrected chi connectivity index (χ1v) is 13.5. The molecule has 2 saturated carbocycles. The van der Waals surface area contributed by atoms with Crippen molar-refractivity contribution in [1.29, 1.82) is 0 Å². The number of pyridine rings is 1. The van der Waals surface area contributed by atoms with E-state index in [1.54, 1.807) is 0 Å². The molecule has 2 N–H and O–H groups in total. The van der Waals surface area contributed by atoms with Crippen molar-refractivity contribution < 1.29 is 30.3 Å². The maximum atomic E-state index is 10.7. The third-order valence-electron chi connectivity index (χ3n) is 9.57. The Balaban J connectivity index is 0.000000195. The van der Waals surface area contributed by atoms with E-state index in [1.807, 2.05) is 36.5 Å². The van der Waals surface area contributed by atoms with Gasteiger partial charge in [0, 0.05) is 32.2 Å². The summed E-state index contributed by atoms with van der Waals surface area (Å²) in [7, 11) is 0. The van der Waals surface area contributed by atoms with Crippen LogP contribution in [0.4, 0.5) is 0 Å². The van der Waals surface area contributed by atoms with Crippen molar-refractivity contribution in [3.8, 4) is 11.3 Å². The van der Waals surface area contributed by atoms with Crippen molar-refractivity contribution in [2.75, 3.05) is 0 Å². The van der Waals surface area contributed by atoms with E-state index in [0.717, 1.165) is 49.8 Å². The van der Waals surface area contributed by atoms with Gasteiger partial charge in [0.15, 0.2) is 0 Å². The second-order valence-corrected chi connectivity index (χ2v) is 10.9. The molecule has 2 aliphatic carbocycles. The van der Waals surface area contributed by atoms with Gasteiger partial charge < -0.3 is 15.2 Å². The number of fused-ring (bicyclic) bond motifs is 2. The van der Waals surface area contributed by atoms with Crippen molar-refractivity contribution in [2.24, 2.45) is 22.7 Å². The second kappa shape index (κ2) is 11.9. The SMILES string of the molecule is CCC1(CC)CC2CC(CC)(CC)C(O)C2C1O.Cc1ccc2ccnc(-c3[c-]cccc3)c2c1.[Ir]. The molecular weight excluding hydrogens is 623 g/mol. The van der Waals surface area contributed by atoms with E-state index < -0.39 is 0 Å². The molecule has 197 valence electrons. The van der Waals surface area contributed by atoms with Gasteiger partial charge in [-0.25, -0.2) is 0 Å². The number of hydrogen-bond acceptors (Lipinski definition) is 3. The third-order valence-corrected chi connectivity index (χ3v) is 9.57. The fourth-order valence-electron chi connectivity index (χ4n) is 7.09. The maximum Gasteiger partial charge on any atom is 0.0651 e. The molecule has 36 heavy (non-hydrogen) atoms. The van der Waals surface area contributed by atoms with Crippen LogP contribution in [0, 0.1) is 35.7 Å². The fourth-order valence-corrected chi connectivity index (χ4v) is 7.09. The number of aromatic nitrogens is 1. The largest absolute Gasteiger partial charge is 0.392 e. The Morgan fingerprint density at radius 2 is 1.50 bits per heavy atom. The number of aliphatic hydroxyl groups excluding tert-OH is 2. The Morgan fingerprint density at radius 3 is 2.00 bits per heavy atom. The van der Waals surface area contributed by atoms with Crippen molar-refractivity contribution in [1.82, 2.24) is 4.98 Å². The predicted molar refractivity (Wildman–Crippen MR) is 145 cm³/mol. The standard InChI is InChI=1S/C16H12N.C16H30O2.Ir/c1-12-7-8-13-9-10-17-16(15(13)11-12)14-5-3-2-4-6-14;1-5-15(6-2)9-11-10-16(7-3,8-4)14(18)12(11)13(15)17;/h2-5,7-11H,1H3;11-14,17-18H,5-10H2,1-4H3;/q-1;;. The van der Waals surface area contributed by atoms with Gasteiger partial charge in [-0.15, -0.1) is 35.9 Å². The third kappa shape index (κ3) is 5.07. The van der Waals surface area contributed by atoms with Crippen LogP contribution in [0.25, 0.3) is 22.0 Å². The van der Waals surface area contributed by atoms with Crippen LogP contribution in [0.5, 0.6) is 0 Å². The predicted octanol–water partition coefficient (Wildman–Crippen LogP) is 7.37. The average Bonchev–Trinajstić information content (AvgIpc) is 3.34. The fraction of sp³-hybridized carbons (Fsp3) is 0.531. The Bertz CT molecular complexity index is 1100. The number of aryl methyl sites for hydroxylation is 1. The monoisotopic (exact) mass is 665 g/mol. The molecule has 3 aromatic rings. The number of nitrogens with zero attached hydrogens (tertiary/aromatic N) is 1. The summed E-state index contributed by atoms with van der Waals surface area (Å²) >= 11 is 0. The summed E-state index contributed by atoms with van der Waals surface area (Å²) in [6.45, 7) is 10.9. The zero-order valence-corrected chi connectivity index (χ0v) is 24.8. The molecule has 2 aromatic carbocycles. The van der Waals surface area contributed by atoms with Crippen LogP contribution in [-0.4, -0.2) is 27.4 Å². The zero-order chi connectivity index (χ0) is 25.2. The summed E-state index contributed by atoms with van der Waals surface area (Å²) in [5.74, 6) is 0.666. The van der Waals surface area contributed by atoms with Crippen molar-refractivity contribution in [3.05, 3.63) is 66.4 Å². The van der Waals surface area contributed by atoms with E-state index in [0.29, 0.717) is 5.92 Å². The van der Waals surface area contributed by atoms with Crippen molar-refractivity contribution >= 4 is 10.8 Å². The first-order chi connectivity index (χ1) is 16.8. The van der Waals surface area contributed by atoms with Crippen LogP contribution < -0.4 is 0 Å². The molecule has 2 fully saturated rings. The summed E-state index contributed by atoms with van der Waals surface area (Å²) in [5.41, 5.74) is 3.45. The van der Waals surface area contributed by atoms with Gasteiger partial charge in [0.05, 0.1) is 12.2 Å². The van der Waals surface area contributed by atoms with Crippen LogP contribution in [-0.2, 0) is 20.1 Å². The van der Waals surface area contributed by atoms with E-state index in [2.05, 4.69) is 63.9 Å². The molecule has 4 heteroatoms. The molecule has 1 radical (unpaired) electrons. The summed E-state index contributed by atoms with van der Waals surface area (Å²) < 4.78 is 0. The molecular formula is C32H42IrNO2-. The molecule has 2 unspecified atom stereocenters. The van der Waals surface area contributed by atoms with Crippen LogP contribution in [0.1, 0.15) is 71.8 Å². The molecule has 0 amide bonds. The molecule has 0 aliphatic heterocycles. The number of rotatable bonds is 5. The normalized spacial score (nSPS) is 25.5. The molecule has 2 aliphatic rings. The van der Waals surface area contributed by atoms with Gasteiger partial charge in [0.1, 0.15) is 0 Å². The number of benzene rings is 2. The second-order valence-electron chi connectivity index (χ2n) is 10.9. The maximum absolute atomic E-state index is 10.7. The van der Waals surface area contributed by atoms with Crippen LogP contribution in [0.15, 0.2) is 54.7 Å². The smallest absolute Gasteiger partial charge is 0.0651 e. The van der Waals surface area contributed by atoms with Gasteiger partial charge >= 0.3 is 0 Å². The summed E-state index contributed by atoms with van der Waals surface area (Å²) in [6, 6.07) is 19.7. The van der Waals surface area contributed by atoms with Crippen molar-refractivity contribution in [3.63, 3.8) is 0 Å². The molecule has 2 atom stereocenters. The van der Waals surface area contributed by atoms with Gasteiger partial charge in [-0.05, 0) is 84.7 Å². The molecule has 0 bridgehead atoms. The van der Waals surface area contributed by atoms with E-state index in [9.17, 15) is 10.2 Å². The number of hydrogen-bond donors (Lipinski definition) is 2. The molecule has 1 aromatic heterocycles. The van der Waals surface area contributed by atoms with Crippen LogP contribution in [0.2, 0.25) is 0 Å². The Morgan fingerprint density at radius 1 is 0.889 bits per heavy atom. The minimum Gasteiger partial charge on any atom is -0.392 e. The first-order valence-electron chi connectivity index (χ1n) is 13.5. The Labute approximate surface area is 231 Å². The van der Waals surface area contributed by atoms with Gasteiger partial charge in [-0.3, -0.25) is 0 Å². The summed E-state index contributed by atoms with van der Waals surface area (Å²) in [6.07, 6.45) is 7.64. The van der Waals surface area contributed by atoms with Crippen molar-refractivity contribution in [2.45, 2.75) is 85.4 Å². The zero-order valence-electron chi connectivity index (χ0n) is 22.4. The Kier molecular flexibility index (Phi) is 9.55. The van der Waals surface area contributed by atoms with Crippen LogP contribution in [0.3, 0.4) is 0 Å². The van der Waals surface area contributed by atoms with Gasteiger partial charge in [-0.1, -0.05) is 51.5 Å². The Hall–Kier alpha value is -1.58. The molecule has 5 rings (SSSR count). The quantitative estimate of drug-likeness (QED) is 0.280. The van der Waals surface area contributed by atoms with E-state index in [4.69, 9.17) is 0 Å². The van der Waals surface area contributed by atoms with Gasteiger partial charge in [0.2, 0.25) is 0 Å². The van der Waals surface area contributed by atoms with E-state index in [1.165, 1.54) is 16.3 Å². The average molecular weight is 665 g/mol. The minimum absolute atomic E-state index is 0. The topological polar surface area (TPSA) is 53.4 Å². The van der Waals surface area contributed by atoms with Gasteiger partial charge in [-0.2, -0.15) is 0 Å². The molecule has 0 saturated heterocycles. The summed E-state index contributed by atoms with van der Waals surface area (Å²) in [4.78, 5) is 4.49. The molecule has 1 heterocycles.